The highest BCUT2D eigenvalue weighted by molar-refractivity contribution is 7.22. The molecule has 4 aromatic rings. The van der Waals surface area contributed by atoms with Crippen LogP contribution in [0.25, 0.3) is 10.2 Å². The fourth-order valence-corrected chi connectivity index (χ4v) is 3.82. The molecule has 7 heteroatoms. The Morgan fingerprint density at radius 3 is 2.82 bits per heavy atom. The van der Waals surface area contributed by atoms with E-state index >= 15 is 0 Å². The average Bonchev–Trinajstić information content (AvgIpc) is 3.35. The quantitative estimate of drug-likeness (QED) is 0.445. The van der Waals surface area contributed by atoms with Gasteiger partial charge in [0.25, 0.3) is 5.91 Å². The summed E-state index contributed by atoms with van der Waals surface area (Å²) in [6.07, 6.45) is 1.54. The third-order valence-electron chi connectivity index (χ3n) is 4.13. The normalized spacial score (nSPS) is 10.9. The van der Waals surface area contributed by atoms with Crippen LogP contribution < -0.4 is 9.64 Å². The lowest BCUT2D eigenvalue weighted by atomic mass is 10.2. The first kappa shape index (κ1) is 18.2. The summed E-state index contributed by atoms with van der Waals surface area (Å²) in [5.41, 5.74) is 0.734. The Bertz CT molecular complexity index is 1110. The predicted molar refractivity (Wildman–Crippen MR) is 106 cm³/mol. The van der Waals surface area contributed by atoms with Crippen molar-refractivity contribution in [1.82, 2.24) is 4.98 Å². The number of carbonyl (C=O) groups is 1. The number of thiazole rings is 1. The Hall–Kier alpha value is -3.19. The van der Waals surface area contributed by atoms with Crippen LogP contribution in [0, 0.1) is 5.82 Å². The van der Waals surface area contributed by atoms with Crippen LogP contribution in [0.15, 0.2) is 65.3 Å². The van der Waals surface area contributed by atoms with Crippen LogP contribution in [0.4, 0.5) is 9.52 Å². The SMILES string of the molecule is CCOc1ccc2nc(N(Cc3ccco3)C(=O)c3ccccc3F)sc2c1. The lowest BCUT2D eigenvalue weighted by Crippen LogP contribution is -2.30. The van der Waals surface area contributed by atoms with Gasteiger partial charge in [0.05, 0.1) is 35.2 Å². The van der Waals surface area contributed by atoms with Crippen molar-refractivity contribution in [2.24, 2.45) is 0 Å². The molecule has 0 fully saturated rings. The summed E-state index contributed by atoms with van der Waals surface area (Å²) in [6, 6.07) is 15.0. The van der Waals surface area contributed by atoms with Gasteiger partial charge >= 0.3 is 0 Å². The number of anilines is 1. The molecule has 28 heavy (non-hydrogen) atoms. The first-order chi connectivity index (χ1) is 13.7. The van der Waals surface area contributed by atoms with Gasteiger partial charge in [0, 0.05) is 0 Å². The Labute approximate surface area is 165 Å². The van der Waals surface area contributed by atoms with E-state index in [4.69, 9.17) is 9.15 Å². The second kappa shape index (κ2) is 7.82. The molecule has 0 aliphatic rings. The molecule has 0 unspecified atom stereocenters. The van der Waals surface area contributed by atoms with Gasteiger partial charge in [-0.15, -0.1) is 0 Å². The first-order valence-corrected chi connectivity index (χ1v) is 9.59. The summed E-state index contributed by atoms with van der Waals surface area (Å²) in [5, 5.41) is 0.466. The first-order valence-electron chi connectivity index (χ1n) is 8.78. The topological polar surface area (TPSA) is 55.6 Å². The number of carbonyl (C=O) groups excluding carboxylic acids is 1. The van der Waals surface area contributed by atoms with Crippen molar-refractivity contribution in [3.8, 4) is 5.75 Å². The standard InChI is InChI=1S/C21H17FN2O3S/c1-2-26-14-9-10-18-19(12-14)28-21(23-18)24(13-15-6-5-11-27-15)20(25)16-7-3-4-8-17(16)22/h3-12H,2,13H2,1H3. The summed E-state index contributed by atoms with van der Waals surface area (Å²) in [7, 11) is 0. The number of amides is 1. The van der Waals surface area contributed by atoms with E-state index in [0.29, 0.717) is 17.5 Å². The van der Waals surface area contributed by atoms with Gasteiger partial charge in [-0.05, 0) is 49.4 Å². The van der Waals surface area contributed by atoms with Gasteiger partial charge in [-0.2, -0.15) is 0 Å². The van der Waals surface area contributed by atoms with E-state index in [1.807, 2.05) is 25.1 Å². The number of aromatic nitrogens is 1. The average molecular weight is 396 g/mol. The van der Waals surface area contributed by atoms with Crippen molar-refractivity contribution in [3.05, 3.63) is 78.0 Å². The molecule has 0 atom stereocenters. The summed E-state index contributed by atoms with van der Waals surface area (Å²) >= 11 is 1.35. The van der Waals surface area contributed by atoms with Gasteiger partial charge in [-0.25, -0.2) is 9.37 Å². The summed E-state index contributed by atoms with van der Waals surface area (Å²) < 4.78 is 26.0. The fraction of sp³-hybridized carbons (Fsp3) is 0.143. The van der Waals surface area contributed by atoms with E-state index in [9.17, 15) is 9.18 Å². The Morgan fingerprint density at radius 2 is 2.07 bits per heavy atom. The minimum atomic E-state index is -0.573. The third kappa shape index (κ3) is 3.61. The van der Waals surface area contributed by atoms with Gasteiger partial charge < -0.3 is 9.15 Å². The van der Waals surface area contributed by atoms with Crippen molar-refractivity contribution in [1.29, 1.82) is 0 Å². The van der Waals surface area contributed by atoms with Crippen molar-refractivity contribution < 1.29 is 18.3 Å². The molecule has 2 aromatic carbocycles. The van der Waals surface area contributed by atoms with Crippen LogP contribution in [0.2, 0.25) is 0 Å². The van der Waals surface area contributed by atoms with Gasteiger partial charge in [0.15, 0.2) is 5.13 Å². The number of fused-ring (bicyclic) bond motifs is 1. The zero-order chi connectivity index (χ0) is 19.5. The summed E-state index contributed by atoms with van der Waals surface area (Å²) in [5.74, 6) is 0.275. The van der Waals surface area contributed by atoms with Crippen molar-refractivity contribution in [3.63, 3.8) is 0 Å². The predicted octanol–water partition coefficient (Wildman–Crippen LogP) is 5.27. The van der Waals surface area contributed by atoms with Crippen LogP contribution in [0.3, 0.4) is 0 Å². The Balaban J connectivity index is 1.75. The maximum atomic E-state index is 14.2. The molecular weight excluding hydrogens is 379 g/mol. The summed E-state index contributed by atoms with van der Waals surface area (Å²) in [6.45, 7) is 2.63. The molecule has 0 spiro atoms. The third-order valence-corrected chi connectivity index (χ3v) is 5.18. The Kier molecular flexibility index (Phi) is 5.08. The molecule has 0 N–H and O–H groups in total. The van der Waals surface area contributed by atoms with E-state index in [2.05, 4.69) is 4.98 Å². The molecule has 0 aliphatic heterocycles. The number of rotatable bonds is 6. The summed E-state index contributed by atoms with van der Waals surface area (Å²) in [4.78, 5) is 19.1. The smallest absolute Gasteiger partial charge is 0.263 e. The lowest BCUT2D eigenvalue weighted by Gasteiger charge is -2.19. The van der Waals surface area contributed by atoms with Gasteiger partial charge in [0.2, 0.25) is 0 Å². The molecule has 4 rings (SSSR count). The minimum Gasteiger partial charge on any atom is -0.494 e. The highest BCUT2D eigenvalue weighted by atomic mass is 32.1. The fourth-order valence-electron chi connectivity index (χ4n) is 2.83. The second-order valence-electron chi connectivity index (χ2n) is 6.01. The van der Waals surface area contributed by atoms with E-state index in [1.165, 1.54) is 34.6 Å². The Morgan fingerprint density at radius 1 is 1.21 bits per heavy atom. The van der Waals surface area contributed by atoms with Crippen molar-refractivity contribution >= 4 is 32.6 Å². The van der Waals surface area contributed by atoms with Gasteiger partial charge in [-0.1, -0.05) is 23.5 Å². The van der Waals surface area contributed by atoms with E-state index in [0.717, 1.165) is 16.0 Å². The van der Waals surface area contributed by atoms with E-state index in [1.54, 1.807) is 24.3 Å². The molecule has 142 valence electrons. The number of nitrogens with zero attached hydrogens (tertiary/aromatic N) is 2. The number of benzene rings is 2. The van der Waals surface area contributed by atoms with Crippen LogP contribution in [-0.2, 0) is 6.54 Å². The number of halogens is 1. The highest BCUT2D eigenvalue weighted by Gasteiger charge is 2.24. The maximum absolute atomic E-state index is 14.2. The number of furan rings is 1. The zero-order valence-corrected chi connectivity index (χ0v) is 15.9. The molecule has 2 aromatic heterocycles. The minimum absolute atomic E-state index is 0.0108. The van der Waals surface area contributed by atoms with Crippen LogP contribution >= 0.6 is 11.3 Å². The highest BCUT2D eigenvalue weighted by Crippen LogP contribution is 2.33. The van der Waals surface area contributed by atoms with Crippen LogP contribution in [0.1, 0.15) is 23.0 Å². The molecule has 1 amide bonds. The molecule has 5 nitrogen and oxygen atoms in total. The molecule has 2 heterocycles. The van der Waals surface area contributed by atoms with Crippen molar-refractivity contribution in [2.45, 2.75) is 13.5 Å². The number of hydrogen-bond acceptors (Lipinski definition) is 5. The van der Waals surface area contributed by atoms with Crippen molar-refractivity contribution in [2.75, 3.05) is 11.5 Å². The molecule has 0 bridgehead atoms. The molecule has 0 saturated heterocycles. The van der Waals surface area contributed by atoms with Crippen LogP contribution in [-0.4, -0.2) is 17.5 Å². The second-order valence-corrected chi connectivity index (χ2v) is 7.02. The van der Waals surface area contributed by atoms with E-state index < -0.39 is 11.7 Å². The van der Waals surface area contributed by atoms with Crippen LogP contribution in [0.5, 0.6) is 5.75 Å². The molecule has 0 radical (unpaired) electrons. The number of ether oxygens (including phenoxy) is 1. The van der Waals surface area contributed by atoms with Gasteiger partial charge in [-0.3, -0.25) is 9.69 Å². The monoisotopic (exact) mass is 396 g/mol. The zero-order valence-electron chi connectivity index (χ0n) is 15.1. The molecule has 0 aliphatic carbocycles. The van der Waals surface area contributed by atoms with E-state index in [-0.39, 0.29) is 12.1 Å². The molecular formula is C21H17FN2O3S. The van der Waals surface area contributed by atoms with Gasteiger partial charge in [0.1, 0.15) is 17.3 Å². The lowest BCUT2D eigenvalue weighted by molar-refractivity contribution is 0.0979. The maximum Gasteiger partial charge on any atom is 0.263 e. The molecule has 0 saturated carbocycles. The largest absolute Gasteiger partial charge is 0.494 e. The number of hydrogen-bond donors (Lipinski definition) is 0.